The van der Waals surface area contributed by atoms with Crippen LogP contribution in [0, 0.1) is 0 Å². The Labute approximate surface area is 248 Å². The Morgan fingerprint density at radius 3 is 2.40 bits per heavy atom. The summed E-state index contributed by atoms with van der Waals surface area (Å²) in [5.74, 6) is -0.0937. The van der Waals surface area contributed by atoms with E-state index >= 15 is 0 Å². The Bertz CT molecular complexity index is 1470. The smallest absolute Gasteiger partial charge is 0.371 e. The number of anilines is 2. The van der Waals surface area contributed by atoms with Crippen LogP contribution in [0.2, 0.25) is 5.02 Å². The molecule has 0 spiro atoms. The highest BCUT2D eigenvalue weighted by molar-refractivity contribution is 6.33. The number of nitrogens with one attached hydrogen (secondary N) is 2. The zero-order chi connectivity index (χ0) is 30.2. The largest absolute Gasteiger partial charge is 0.416 e. The number of pyridine rings is 1. The van der Waals surface area contributed by atoms with Crippen molar-refractivity contribution < 1.29 is 22.8 Å². The molecule has 0 saturated carbocycles. The topological polar surface area (TPSA) is 77.6 Å². The normalized spacial score (nSPS) is 18.4. The van der Waals surface area contributed by atoms with Crippen LogP contribution in [0.25, 0.3) is 0 Å². The number of hydrogen-bond donors (Lipinski definition) is 2. The summed E-state index contributed by atoms with van der Waals surface area (Å²) >= 11 is 6.06. The lowest BCUT2D eigenvalue weighted by Gasteiger charge is -2.38. The molecule has 2 N–H and O–H groups in total. The molecular weight excluding hydrogens is 567 g/mol. The van der Waals surface area contributed by atoms with Gasteiger partial charge in [-0.1, -0.05) is 31.5 Å². The SMILES string of the molecule is CN(C(=O)c1ccc2c(c1)C(NC(=O)Nc1cc(C(F)(F)F)ccc1Cl)CC2(C)C)C1CCN(c2ccncc2)CC1. The van der Waals surface area contributed by atoms with Crippen LogP contribution in [-0.2, 0) is 11.6 Å². The summed E-state index contributed by atoms with van der Waals surface area (Å²) in [6.45, 7) is 5.78. The number of hydrogen-bond acceptors (Lipinski definition) is 4. The molecule has 2 aliphatic rings. The summed E-state index contributed by atoms with van der Waals surface area (Å²) in [5, 5.41) is 5.33. The van der Waals surface area contributed by atoms with Gasteiger partial charge in [-0.15, -0.1) is 0 Å². The van der Waals surface area contributed by atoms with E-state index in [1.54, 1.807) is 17.3 Å². The molecule has 1 aliphatic carbocycles. The van der Waals surface area contributed by atoms with Crippen LogP contribution in [0.1, 0.15) is 66.2 Å². The molecular formula is C31H33ClF3N5O2. The maximum atomic E-state index is 13.6. The highest BCUT2D eigenvalue weighted by Crippen LogP contribution is 2.45. The first-order valence-corrected chi connectivity index (χ1v) is 14.2. The number of amides is 3. The molecule has 1 fully saturated rings. The average Bonchev–Trinajstić information content (AvgIpc) is 3.21. The van der Waals surface area contributed by atoms with Gasteiger partial charge in [0.1, 0.15) is 0 Å². The summed E-state index contributed by atoms with van der Waals surface area (Å²) in [6, 6.07) is 11.3. The first-order chi connectivity index (χ1) is 19.8. The van der Waals surface area contributed by atoms with Crippen molar-refractivity contribution in [3.05, 3.63) is 88.2 Å². The minimum absolute atomic E-state index is 0.00664. The third-order valence-electron chi connectivity index (χ3n) is 8.33. The fourth-order valence-electron chi connectivity index (χ4n) is 6.01. The minimum Gasteiger partial charge on any atom is -0.371 e. The standard InChI is InChI=1S/C31H33ClF3N5O2/c1-30(2)18-27(38-29(42)37-26-17-20(31(33,34)35)5-7-25(26)32)23-16-19(4-6-24(23)30)28(41)39(3)21-10-14-40(15-11-21)22-8-12-36-13-9-22/h4-9,12-13,16-17,21,27H,10-11,14-15,18H2,1-3H3,(H2,37,38,42). The molecule has 1 saturated heterocycles. The van der Waals surface area contributed by atoms with Gasteiger partial charge in [-0.2, -0.15) is 13.2 Å². The first-order valence-electron chi connectivity index (χ1n) is 13.8. The van der Waals surface area contributed by atoms with Gasteiger partial charge in [0.15, 0.2) is 0 Å². The lowest BCUT2D eigenvalue weighted by Crippen LogP contribution is -2.45. The molecule has 1 aromatic heterocycles. The second-order valence-corrected chi connectivity index (χ2v) is 12.0. The average molecular weight is 600 g/mol. The number of carbonyl (C=O) groups is 2. The van der Waals surface area contributed by atoms with Crippen LogP contribution in [0.5, 0.6) is 0 Å². The van der Waals surface area contributed by atoms with E-state index in [0.29, 0.717) is 12.0 Å². The number of aromatic nitrogens is 1. The van der Waals surface area contributed by atoms with E-state index in [2.05, 4.69) is 34.4 Å². The van der Waals surface area contributed by atoms with E-state index in [0.717, 1.165) is 60.9 Å². The summed E-state index contributed by atoms with van der Waals surface area (Å²) in [6.07, 6.45) is 1.22. The third-order valence-corrected chi connectivity index (χ3v) is 8.65. The maximum Gasteiger partial charge on any atom is 0.416 e. The third kappa shape index (κ3) is 6.18. The van der Waals surface area contributed by atoms with Crippen molar-refractivity contribution in [1.82, 2.24) is 15.2 Å². The number of benzene rings is 2. The number of alkyl halides is 3. The van der Waals surface area contributed by atoms with E-state index < -0.39 is 23.8 Å². The molecule has 2 aromatic carbocycles. The number of carbonyl (C=O) groups excluding carboxylic acids is 2. The minimum atomic E-state index is -4.57. The van der Waals surface area contributed by atoms with Gasteiger partial charge in [0, 0.05) is 49.8 Å². The molecule has 7 nitrogen and oxygen atoms in total. The second kappa shape index (κ2) is 11.5. The predicted molar refractivity (Wildman–Crippen MR) is 157 cm³/mol. The molecule has 3 amide bonds. The fraction of sp³-hybridized carbons (Fsp3) is 0.387. The van der Waals surface area contributed by atoms with Crippen LogP contribution >= 0.6 is 11.6 Å². The quantitative estimate of drug-likeness (QED) is 0.330. The van der Waals surface area contributed by atoms with Gasteiger partial charge in [0.05, 0.1) is 22.3 Å². The van der Waals surface area contributed by atoms with Crippen LogP contribution in [0.3, 0.4) is 0 Å². The van der Waals surface area contributed by atoms with Gasteiger partial charge in [0.25, 0.3) is 5.91 Å². The molecule has 1 unspecified atom stereocenters. The van der Waals surface area contributed by atoms with Crippen LogP contribution in [-0.4, -0.2) is 48.0 Å². The lowest BCUT2D eigenvalue weighted by atomic mass is 9.86. The molecule has 2 heterocycles. The number of piperidine rings is 1. The molecule has 0 radical (unpaired) electrons. The Hall–Kier alpha value is -3.79. The van der Waals surface area contributed by atoms with Gasteiger partial charge < -0.3 is 20.4 Å². The highest BCUT2D eigenvalue weighted by Gasteiger charge is 2.39. The van der Waals surface area contributed by atoms with Crippen molar-refractivity contribution in [2.75, 3.05) is 30.4 Å². The van der Waals surface area contributed by atoms with Gasteiger partial charge in [0.2, 0.25) is 0 Å². The Balaban J connectivity index is 1.28. The number of fused-ring (bicyclic) bond motifs is 1. The van der Waals surface area contributed by atoms with E-state index in [4.69, 9.17) is 11.6 Å². The van der Waals surface area contributed by atoms with Crippen molar-refractivity contribution in [2.45, 2.75) is 56.8 Å². The summed E-state index contributed by atoms with van der Waals surface area (Å²) in [5.41, 5.74) is 2.14. The highest BCUT2D eigenvalue weighted by atomic mass is 35.5. The van der Waals surface area contributed by atoms with Gasteiger partial charge >= 0.3 is 12.2 Å². The molecule has 11 heteroatoms. The zero-order valence-corrected chi connectivity index (χ0v) is 24.4. The zero-order valence-electron chi connectivity index (χ0n) is 23.6. The molecule has 42 heavy (non-hydrogen) atoms. The van der Waals surface area contributed by atoms with Crippen molar-refractivity contribution in [2.24, 2.45) is 0 Å². The molecule has 5 rings (SSSR count). The number of urea groups is 1. The van der Waals surface area contributed by atoms with Crippen molar-refractivity contribution in [3.8, 4) is 0 Å². The Morgan fingerprint density at radius 2 is 1.74 bits per heavy atom. The van der Waals surface area contributed by atoms with E-state index in [9.17, 15) is 22.8 Å². The maximum absolute atomic E-state index is 13.6. The van der Waals surface area contributed by atoms with Crippen molar-refractivity contribution in [3.63, 3.8) is 0 Å². The van der Waals surface area contributed by atoms with Gasteiger partial charge in [-0.3, -0.25) is 9.78 Å². The first kappa shape index (κ1) is 29.7. The van der Waals surface area contributed by atoms with E-state index in [1.165, 1.54) is 0 Å². The second-order valence-electron chi connectivity index (χ2n) is 11.6. The summed E-state index contributed by atoms with van der Waals surface area (Å²) < 4.78 is 39.5. The van der Waals surface area contributed by atoms with Crippen molar-refractivity contribution in [1.29, 1.82) is 0 Å². The molecule has 0 bridgehead atoms. The van der Waals surface area contributed by atoms with Gasteiger partial charge in [-0.25, -0.2) is 4.79 Å². The number of rotatable bonds is 5. The number of nitrogens with zero attached hydrogens (tertiary/aromatic N) is 3. The molecule has 1 atom stereocenters. The monoisotopic (exact) mass is 599 g/mol. The summed E-state index contributed by atoms with van der Waals surface area (Å²) in [4.78, 5) is 34.7. The molecule has 1 aliphatic heterocycles. The Morgan fingerprint density at radius 1 is 1.05 bits per heavy atom. The van der Waals surface area contributed by atoms with Gasteiger partial charge in [-0.05, 0) is 78.3 Å². The summed E-state index contributed by atoms with van der Waals surface area (Å²) in [7, 11) is 1.83. The van der Waals surface area contributed by atoms with Crippen LogP contribution in [0.15, 0.2) is 60.9 Å². The predicted octanol–water partition coefficient (Wildman–Crippen LogP) is 7.04. The van der Waals surface area contributed by atoms with Crippen LogP contribution in [0.4, 0.5) is 29.3 Å². The Kier molecular flexibility index (Phi) is 8.11. The molecule has 222 valence electrons. The van der Waals surface area contributed by atoms with Crippen molar-refractivity contribution >= 4 is 34.9 Å². The number of halogens is 4. The van der Waals surface area contributed by atoms with Crippen LogP contribution < -0.4 is 15.5 Å². The fourth-order valence-corrected chi connectivity index (χ4v) is 6.17. The molecule has 3 aromatic rings. The van der Waals surface area contributed by atoms with E-state index in [-0.39, 0.29) is 28.1 Å². The van der Waals surface area contributed by atoms with E-state index in [1.807, 2.05) is 37.4 Å². The lowest BCUT2D eigenvalue weighted by molar-refractivity contribution is -0.137.